The maximum absolute atomic E-state index is 16.1. The van der Waals surface area contributed by atoms with Gasteiger partial charge in [-0.1, -0.05) is 65.5 Å². The Morgan fingerprint density at radius 1 is 1.04 bits per heavy atom. The SMILES string of the molecule is CC[C@@H]1[C@@H](Oc2nc3ccccc3nc2C(F)(F)CCCCC2CC2)CN(C(=O)[C@@H](NC(=O)O)C(C)(C)C)[C@@H]1C(=O)N[C@]1(C(=O)NS(=O)(=O)C2CC2)C[C@H]1C(F)F. The van der Waals surface area contributed by atoms with Crippen LogP contribution in [0, 0.1) is 23.2 Å². The van der Waals surface area contributed by atoms with E-state index in [0.717, 1.165) is 24.2 Å². The molecule has 3 saturated carbocycles. The van der Waals surface area contributed by atoms with Crippen molar-refractivity contribution in [2.45, 2.75) is 133 Å². The Morgan fingerprint density at radius 3 is 2.23 bits per heavy atom. The first-order valence-corrected chi connectivity index (χ1v) is 21.0. The molecule has 6 atom stereocenters. The standard InChI is InChI=1S/C38H50F4N6O8S/c1-5-22-26(56-32-28(43-24-11-6-7-12-25(24)44-32)38(41,42)17-9-8-10-20-13-14-20)19-48(33(50)29(36(2,3)4)45-35(52)53)27(22)31(49)46-37(18-23(37)30(39)40)34(51)47-57(54,55)21-15-16-21/h6-7,11-12,20-23,26-27,29-30,45H,5,8-10,13-19H2,1-4H3,(H,46,49)(H,47,51)(H,52,53)/t22-,23+,26+,27+,29-,37-/m1/s1. The minimum absolute atomic E-state index is 0.0422. The monoisotopic (exact) mass is 826 g/mol. The normalized spacial score (nSPS) is 25.6. The molecule has 0 unspecified atom stereocenters. The number of alkyl halides is 4. The van der Waals surface area contributed by atoms with Crippen LogP contribution in [0.5, 0.6) is 5.88 Å². The third-order valence-electron chi connectivity index (χ3n) is 11.5. The topological polar surface area (TPSA) is 197 Å². The number of rotatable bonds is 17. The van der Waals surface area contributed by atoms with Gasteiger partial charge in [-0.05, 0) is 55.6 Å². The Hall–Kier alpha value is -4.29. The van der Waals surface area contributed by atoms with E-state index in [4.69, 9.17) is 4.74 Å². The second kappa shape index (κ2) is 15.8. The maximum Gasteiger partial charge on any atom is 0.405 e. The number of benzene rings is 1. The number of carboxylic acid groups (broad SMARTS) is 1. The fourth-order valence-electron chi connectivity index (χ4n) is 7.77. The summed E-state index contributed by atoms with van der Waals surface area (Å²) in [6.07, 6.45) is -2.64. The quantitative estimate of drug-likeness (QED) is 0.123. The predicted octanol–water partition coefficient (Wildman–Crippen LogP) is 5.11. The van der Waals surface area contributed by atoms with Crippen molar-refractivity contribution in [1.29, 1.82) is 0 Å². The fraction of sp³-hybridized carbons (Fsp3) is 0.684. The summed E-state index contributed by atoms with van der Waals surface area (Å²) in [4.78, 5) is 63.9. The van der Waals surface area contributed by atoms with Gasteiger partial charge in [0.2, 0.25) is 34.1 Å². The summed E-state index contributed by atoms with van der Waals surface area (Å²) >= 11 is 0. The number of aromatic nitrogens is 2. The second-order valence-electron chi connectivity index (χ2n) is 17.0. The minimum Gasteiger partial charge on any atom is -0.471 e. The van der Waals surface area contributed by atoms with Crippen LogP contribution in [-0.4, -0.2) is 94.2 Å². The van der Waals surface area contributed by atoms with Crippen LogP contribution >= 0.6 is 0 Å². The van der Waals surface area contributed by atoms with Gasteiger partial charge in [-0.3, -0.25) is 19.1 Å². The lowest BCUT2D eigenvalue weighted by Gasteiger charge is -2.35. The molecule has 1 aromatic heterocycles. The van der Waals surface area contributed by atoms with Crippen molar-refractivity contribution in [1.82, 2.24) is 30.2 Å². The van der Waals surface area contributed by atoms with E-state index >= 15 is 8.78 Å². The van der Waals surface area contributed by atoms with Crippen molar-refractivity contribution in [3.63, 3.8) is 0 Å². The maximum atomic E-state index is 16.1. The first kappa shape index (κ1) is 42.3. The molecule has 1 aromatic carbocycles. The number of fused-ring (bicyclic) bond motifs is 1. The molecule has 0 spiro atoms. The van der Waals surface area contributed by atoms with Crippen LogP contribution in [0.25, 0.3) is 11.0 Å². The van der Waals surface area contributed by atoms with E-state index in [-0.39, 0.29) is 36.7 Å². The molecule has 1 aliphatic heterocycles. The number of carbonyl (C=O) groups excluding carboxylic acids is 3. The Kier molecular flexibility index (Phi) is 11.7. The molecule has 4 aliphatic rings. The van der Waals surface area contributed by atoms with Crippen LogP contribution in [-0.2, 0) is 30.3 Å². The Labute approximate surface area is 328 Å². The van der Waals surface area contributed by atoms with E-state index in [0.29, 0.717) is 12.3 Å². The molecule has 4 fully saturated rings. The highest BCUT2D eigenvalue weighted by atomic mass is 32.2. The molecule has 2 aromatic rings. The van der Waals surface area contributed by atoms with E-state index in [1.54, 1.807) is 45.9 Å². The van der Waals surface area contributed by atoms with Crippen molar-refractivity contribution in [3.8, 4) is 5.88 Å². The number of likely N-dealkylation sites (tertiary alicyclic amines) is 1. The molecule has 19 heteroatoms. The van der Waals surface area contributed by atoms with Gasteiger partial charge in [-0.25, -0.2) is 32.0 Å². The van der Waals surface area contributed by atoms with Gasteiger partial charge >= 0.3 is 6.09 Å². The van der Waals surface area contributed by atoms with Crippen LogP contribution in [0.1, 0.15) is 97.6 Å². The molecule has 4 amide bonds. The van der Waals surface area contributed by atoms with Crippen LogP contribution in [0.15, 0.2) is 24.3 Å². The Balaban J connectivity index is 1.36. The molecule has 2 heterocycles. The molecule has 57 heavy (non-hydrogen) atoms. The lowest BCUT2D eigenvalue weighted by atomic mass is 9.85. The summed E-state index contributed by atoms with van der Waals surface area (Å²) in [6.45, 7) is 5.88. The highest BCUT2D eigenvalue weighted by Crippen LogP contribution is 2.49. The lowest BCUT2D eigenvalue weighted by Crippen LogP contribution is -2.61. The number of hydrogen-bond donors (Lipinski definition) is 4. The van der Waals surface area contributed by atoms with Crippen molar-refractivity contribution in [3.05, 3.63) is 30.0 Å². The number of amides is 4. The third kappa shape index (κ3) is 9.22. The molecule has 6 rings (SSSR count). The molecule has 314 valence electrons. The van der Waals surface area contributed by atoms with E-state index in [1.807, 2.05) is 4.72 Å². The molecule has 3 aliphatic carbocycles. The molecule has 4 N–H and O–H groups in total. The number of unbranched alkanes of at least 4 members (excludes halogenated alkanes) is 1. The van der Waals surface area contributed by atoms with Crippen molar-refractivity contribution >= 4 is 44.9 Å². The number of nitrogens with one attached hydrogen (secondary N) is 3. The molecular weight excluding hydrogens is 777 g/mol. The summed E-state index contributed by atoms with van der Waals surface area (Å²) in [6, 6.07) is 3.26. The van der Waals surface area contributed by atoms with Crippen LogP contribution < -0.4 is 20.1 Å². The smallest absolute Gasteiger partial charge is 0.405 e. The number of carbonyl (C=O) groups is 4. The average molecular weight is 827 g/mol. The average Bonchev–Trinajstić information content (AvgIpc) is 4.00. The number of hydrogen-bond acceptors (Lipinski definition) is 9. The second-order valence-corrected chi connectivity index (χ2v) is 18.9. The van der Waals surface area contributed by atoms with E-state index in [9.17, 15) is 41.5 Å². The summed E-state index contributed by atoms with van der Waals surface area (Å²) < 4.78 is 94.1. The van der Waals surface area contributed by atoms with E-state index < -0.39 is 123 Å². The first-order valence-electron chi connectivity index (χ1n) is 19.5. The zero-order valence-corrected chi connectivity index (χ0v) is 33.1. The van der Waals surface area contributed by atoms with Crippen LogP contribution in [0.3, 0.4) is 0 Å². The number of halogens is 4. The lowest BCUT2D eigenvalue weighted by molar-refractivity contribution is -0.143. The van der Waals surface area contributed by atoms with Gasteiger partial charge < -0.3 is 25.4 Å². The zero-order chi connectivity index (χ0) is 41.7. The largest absolute Gasteiger partial charge is 0.471 e. The molecule has 0 bridgehead atoms. The van der Waals surface area contributed by atoms with Crippen molar-refractivity contribution < 1.29 is 55.0 Å². The summed E-state index contributed by atoms with van der Waals surface area (Å²) in [7, 11) is -4.21. The van der Waals surface area contributed by atoms with Gasteiger partial charge in [0.25, 0.3) is 11.8 Å². The fourth-order valence-corrected chi connectivity index (χ4v) is 9.14. The van der Waals surface area contributed by atoms with Gasteiger partial charge in [0, 0.05) is 12.3 Å². The van der Waals surface area contributed by atoms with Gasteiger partial charge in [-0.15, -0.1) is 0 Å². The Bertz CT molecular complexity index is 1990. The minimum atomic E-state index is -4.21. The summed E-state index contributed by atoms with van der Waals surface area (Å²) in [5.41, 5.74) is -3.75. The summed E-state index contributed by atoms with van der Waals surface area (Å²) in [5.74, 6) is -9.64. The van der Waals surface area contributed by atoms with Gasteiger partial charge in [-0.2, -0.15) is 8.78 Å². The molecule has 1 saturated heterocycles. The van der Waals surface area contributed by atoms with Crippen molar-refractivity contribution in [2.75, 3.05) is 6.54 Å². The van der Waals surface area contributed by atoms with Gasteiger partial charge in [0.1, 0.15) is 23.7 Å². The first-order chi connectivity index (χ1) is 26.7. The zero-order valence-electron chi connectivity index (χ0n) is 32.3. The number of ether oxygens (including phenoxy) is 1. The predicted molar refractivity (Wildman–Crippen MR) is 198 cm³/mol. The van der Waals surface area contributed by atoms with Gasteiger partial charge in [0.05, 0.1) is 28.7 Å². The highest BCUT2D eigenvalue weighted by Gasteiger charge is 2.67. The van der Waals surface area contributed by atoms with Crippen LogP contribution in [0.4, 0.5) is 22.4 Å². The Morgan fingerprint density at radius 2 is 1.68 bits per heavy atom. The van der Waals surface area contributed by atoms with Crippen molar-refractivity contribution in [2.24, 2.45) is 23.2 Å². The number of nitrogens with zero attached hydrogens (tertiary/aromatic N) is 3. The van der Waals surface area contributed by atoms with E-state index in [2.05, 4.69) is 20.6 Å². The van der Waals surface area contributed by atoms with Gasteiger partial charge in [0.15, 0.2) is 5.69 Å². The number of para-hydroxylation sites is 2. The van der Waals surface area contributed by atoms with E-state index in [1.165, 1.54) is 6.07 Å². The highest BCUT2D eigenvalue weighted by molar-refractivity contribution is 7.91. The molecular formula is C38H50F4N6O8S. The molecule has 14 nitrogen and oxygen atoms in total. The third-order valence-corrected chi connectivity index (χ3v) is 13.3. The van der Waals surface area contributed by atoms with Crippen LogP contribution in [0.2, 0.25) is 0 Å². The molecule has 0 radical (unpaired) electrons. The number of sulfonamides is 1. The summed E-state index contributed by atoms with van der Waals surface area (Å²) in [5, 5.41) is 13.3.